The molecular weight excluding hydrogens is 218 g/mol. The van der Waals surface area contributed by atoms with Crippen LogP contribution >= 0.6 is 0 Å². The first-order chi connectivity index (χ1) is 8.11. The molecule has 1 aliphatic rings. The van der Waals surface area contributed by atoms with E-state index in [1.165, 1.54) is 7.11 Å². The lowest BCUT2D eigenvalue weighted by Gasteiger charge is -2.10. The van der Waals surface area contributed by atoms with E-state index in [1.54, 1.807) is 11.9 Å². The quantitative estimate of drug-likeness (QED) is 0.739. The van der Waals surface area contributed by atoms with Crippen molar-refractivity contribution in [1.29, 1.82) is 0 Å². The standard InChI is InChI=1S/C13H15NO3/c1-14-11-5-3-9(4-6-13(16)17-2)7-10(11)8-12(14)15/h3,5,7H,4,6,8H2,1-2H3. The molecule has 0 saturated carbocycles. The van der Waals surface area contributed by atoms with E-state index in [0.29, 0.717) is 19.3 Å². The maximum atomic E-state index is 11.5. The summed E-state index contributed by atoms with van der Waals surface area (Å²) in [5, 5.41) is 0. The second-order valence-corrected chi connectivity index (χ2v) is 4.17. The van der Waals surface area contributed by atoms with E-state index >= 15 is 0 Å². The molecule has 0 fully saturated rings. The summed E-state index contributed by atoms with van der Waals surface area (Å²) in [5.74, 6) is -0.0937. The largest absolute Gasteiger partial charge is 0.469 e. The highest BCUT2D eigenvalue weighted by Gasteiger charge is 2.23. The number of carbonyl (C=O) groups excluding carboxylic acids is 2. The van der Waals surface area contributed by atoms with Crippen LogP contribution in [0.2, 0.25) is 0 Å². The van der Waals surface area contributed by atoms with Crippen molar-refractivity contribution in [3.8, 4) is 0 Å². The molecule has 1 aromatic rings. The Labute approximate surface area is 100 Å². The third-order valence-corrected chi connectivity index (χ3v) is 3.07. The molecule has 4 nitrogen and oxygen atoms in total. The lowest BCUT2D eigenvalue weighted by atomic mass is 10.0. The fourth-order valence-electron chi connectivity index (χ4n) is 2.03. The number of fused-ring (bicyclic) bond motifs is 1. The summed E-state index contributed by atoms with van der Waals surface area (Å²) in [7, 11) is 3.17. The Hall–Kier alpha value is -1.84. The molecule has 0 aromatic heterocycles. The Kier molecular flexibility index (Phi) is 3.13. The number of nitrogens with zero attached hydrogens (tertiary/aromatic N) is 1. The maximum absolute atomic E-state index is 11.5. The summed E-state index contributed by atoms with van der Waals surface area (Å²) in [6, 6.07) is 5.89. The van der Waals surface area contributed by atoms with Crippen LogP contribution in [0.15, 0.2) is 18.2 Å². The Balaban J connectivity index is 2.11. The zero-order valence-corrected chi connectivity index (χ0v) is 10.0. The van der Waals surface area contributed by atoms with Crippen LogP contribution in [0.25, 0.3) is 0 Å². The minimum Gasteiger partial charge on any atom is -0.469 e. The second-order valence-electron chi connectivity index (χ2n) is 4.17. The lowest BCUT2D eigenvalue weighted by Crippen LogP contribution is -2.20. The molecule has 2 rings (SSSR count). The topological polar surface area (TPSA) is 46.6 Å². The van der Waals surface area contributed by atoms with Crippen LogP contribution < -0.4 is 4.90 Å². The molecule has 90 valence electrons. The number of ether oxygens (including phenoxy) is 1. The molecule has 17 heavy (non-hydrogen) atoms. The van der Waals surface area contributed by atoms with E-state index in [2.05, 4.69) is 4.74 Å². The molecule has 1 aliphatic heterocycles. The van der Waals surface area contributed by atoms with Gasteiger partial charge in [0.25, 0.3) is 0 Å². The van der Waals surface area contributed by atoms with Crippen LogP contribution in [0.1, 0.15) is 17.5 Å². The predicted octanol–water partition coefficient (Wildman–Crippen LogP) is 1.31. The number of anilines is 1. The number of methoxy groups -OCH3 is 1. The smallest absolute Gasteiger partial charge is 0.305 e. The number of hydrogen-bond donors (Lipinski definition) is 0. The van der Waals surface area contributed by atoms with Crippen molar-refractivity contribution in [2.45, 2.75) is 19.3 Å². The first-order valence-electron chi connectivity index (χ1n) is 5.57. The number of likely N-dealkylation sites (N-methyl/N-ethyl adjacent to an activating group) is 1. The minimum absolute atomic E-state index is 0.116. The molecular formula is C13H15NO3. The molecule has 1 heterocycles. The summed E-state index contributed by atoms with van der Waals surface area (Å²) in [6.45, 7) is 0. The van der Waals surface area contributed by atoms with Gasteiger partial charge in [0, 0.05) is 19.2 Å². The zero-order chi connectivity index (χ0) is 12.4. The molecule has 0 saturated heterocycles. The van der Waals surface area contributed by atoms with Crippen molar-refractivity contribution < 1.29 is 14.3 Å². The molecule has 0 atom stereocenters. The van der Waals surface area contributed by atoms with Crippen molar-refractivity contribution >= 4 is 17.6 Å². The Morgan fingerprint density at radius 3 is 2.94 bits per heavy atom. The first-order valence-corrected chi connectivity index (χ1v) is 5.57. The number of hydrogen-bond acceptors (Lipinski definition) is 3. The second kappa shape index (κ2) is 4.57. The van der Waals surface area contributed by atoms with Gasteiger partial charge in [-0.1, -0.05) is 12.1 Å². The monoisotopic (exact) mass is 233 g/mol. The van der Waals surface area contributed by atoms with Crippen molar-refractivity contribution in [3.05, 3.63) is 29.3 Å². The summed E-state index contributed by atoms with van der Waals surface area (Å²) in [4.78, 5) is 24.2. The van der Waals surface area contributed by atoms with Crippen LogP contribution in [0, 0.1) is 0 Å². The molecule has 0 N–H and O–H groups in total. The van der Waals surface area contributed by atoms with Gasteiger partial charge in [0.05, 0.1) is 13.5 Å². The fraction of sp³-hybridized carbons (Fsp3) is 0.385. The number of esters is 1. The highest BCUT2D eigenvalue weighted by molar-refractivity contribution is 6.00. The first kappa shape index (κ1) is 11.6. The fourth-order valence-corrected chi connectivity index (χ4v) is 2.03. The highest BCUT2D eigenvalue weighted by Crippen LogP contribution is 2.28. The van der Waals surface area contributed by atoms with Gasteiger partial charge in [-0.05, 0) is 23.6 Å². The van der Waals surface area contributed by atoms with Gasteiger partial charge in [-0.25, -0.2) is 0 Å². The zero-order valence-electron chi connectivity index (χ0n) is 10.0. The molecule has 4 heteroatoms. The number of carbonyl (C=O) groups is 2. The number of amides is 1. The van der Waals surface area contributed by atoms with Crippen LogP contribution in [-0.4, -0.2) is 26.0 Å². The molecule has 0 unspecified atom stereocenters. The van der Waals surface area contributed by atoms with Crippen LogP contribution in [0.3, 0.4) is 0 Å². The van der Waals surface area contributed by atoms with Gasteiger partial charge >= 0.3 is 5.97 Å². The molecule has 0 radical (unpaired) electrons. The van der Waals surface area contributed by atoms with Crippen LogP contribution in [0.4, 0.5) is 5.69 Å². The molecule has 1 aromatic carbocycles. The van der Waals surface area contributed by atoms with Crippen molar-refractivity contribution in [3.63, 3.8) is 0 Å². The number of benzene rings is 1. The van der Waals surface area contributed by atoms with E-state index in [9.17, 15) is 9.59 Å². The summed E-state index contributed by atoms with van der Waals surface area (Å²) < 4.78 is 4.60. The van der Waals surface area contributed by atoms with Gasteiger partial charge in [0.2, 0.25) is 5.91 Å². The van der Waals surface area contributed by atoms with E-state index in [-0.39, 0.29) is 11.9 Å². The van der Waals surface area contributed by atoms with Crippen molar-refractivity contribution in [2.24, 2.45) is 0 Å². The Morgan fingerprint density at radius 2 is 2.24 bits per heavy atom. The summed E-state index contributed by atoms with van der Waals surface area (Å²) in [5.41, 5.74) is 3.08. The van der Waals surface area contributed by atoms with Gasteiger partial charge in [0.15, 0.2) is 0 Å². The minimum atomic E-state index is -0.210. The van der Waals surface area contributed by atoms with E-state index in [1.807, 2.05) is 18.2 Å². The Morgan fingerprint density at radius 1 is 1.47 bits per heavy atom. The van der Waals surface area contributed by atoms with Crippen LogP contribution in [0.5, 0.6) is 0 Å². The lowest BCUT2D eigenvalue weighted by molar-refractivity contribution is -0.140. The number of aryl methyl sites for hydroxylation is 1. The molecule has 0 aliphatic carbocycles. The van der Waals surface area contributed by atoms with E-state index < -0.39 is 0 Å². The third kappa shape index (κ3) is 2.30. The van der Waals surface area contributed by atoms with Crippen LogP contribution in [-0.2, 0) is 27.2 Å². The van der Waals surface area contributed by atoms with Gasteiger partial charge in [-0.15, -0.1) is 0 Å². The van der Waals surface area contributed by atoms with Gasteiger partial charge in [-0.3, -0.25) is 9.59 Å². The average molecular weight is 233 g/mol. The highest BCUT2D eigenvalue weighted by atomic mass is 16.5. The molecule has 0 spiro atoms. The molecule has 0 bridgehead atoms. The van der Waals surface area contributed by atoms with Crippen molar-refractivity contribution in [2.75, 3.05) is 19.1 Å². The van der Waals surface area contributed by atoms with E-state index in [0.717, 1.165) is 16.8 Å². The third-order valence-electron chi connectivity index (χ3n) is 3.07. The molecule has 1 amide bonds. The van der Waals surface area contributed by atoms with E-state index in [4.69, 9.17) is 0 Å². The average Bonchev–Trinajstić information content (AvgIpc) is 2.62. The van der Waals surface area contributed by atoms with Gasteiger partial charge in [-0.2, -0.15) is 0 Å². The Bertz CT molecular complexity index is 468. The van der Waals surface area contributed by atoms with Gasteiger partial charge < -0.3 is 9.64 Å². The summed E-state index contributed by atoms with van der Waals surface area (Å²) >= 11 is 0. The SMILES string of the molecule is COC(=O)CCc1ccc2c(c1)CC(=O)N2C. The predicted molar refractivity (Wildman–Crippen MR) is 63.9 cm³/mol. The normalized spacial score (nSPS) is 13.8. The summed E-state index contributed by atoms with van der Waals surface area (Å²) in [6.07, 6.45) is 1.48. The number of rotatable bonds is 3. The van der Waals surface area contributed by atoms with Gasteiger partial charge in [0.1, 0.15) is 0 Å². The maximum Gasteiger partial charge on any atom is 0.305 e. The van der Waals surface area contributed by atoms with Crippen molar-refractivity contribution in [1.82, 2.24) is 0 Å².